The van der Waals surface area contributed by atoms with Crippen molar-refractivity contribution in [3.8, 4) is 0 Å². The Labute approximate surface area is 121 Å². The molecular weight excluding hydrogens is 274 g/mol. The van der Waals surface area contributed by atoms with Crippen LogP contribution in [0.15, 0.2) is 0 Å². The number of nitrogens with zero attached hydrogens (tertiary/aromatic N) is 1. The molecule has 0 aliphatic rings. The van der Waals surface area contributed by atoms with Crippen molar-refractivity contribution in [1.29, 1.82) is 0 Å². The van der Waals surface area contributed by atoms with Gasteiger partial charge < -0.3 is 18.2 Å². The minimum atomic E-state index is -1.87. The highest BCUT2D eigenvalue weighted by Gasteiger charge is 2.27. The van der Waals surface area contributed by atoms with Crippen LogP contribution in [0.4, 0.5) is 0 Å². The molecule has 0 fully saturated rings. The largest absolute Gasteiger partial charge is 0.420 e. The van der Waals surface area contributed by atoms with Gasteiger partial charge in [0.05, 0.1) is 0 Å². The maximum absolute atomic E-state index is 5.57. The van der Waals surface area contributed by atoms with Gasteiger partial charge in [0, 0.05) is 21.3 Å². The minimum absolute atomic E-state index is 1.06. The minimum Gasteiger partial charge on any atom is -0.420 e. The molecule has 0 spiro atoms. The summed E-state index contributed by atoms with van der Waals surface area (Å²) in [4.78, 5) is 2.40. The lowest BCUT2D eigenvalue weighted by molar-refractivity contribution is 0.244. The van der Waals surface area contributed by atoms with Crippen molar-refractivity contribution in [2.75, 3.05) is 41.5 Å². The van der Waals surface area contributed by atoms with Gasteiger partial charge in [-0.3, -0.25) is 0 Å². The molecule has 0 aromatic carbocycles. The van der Waals surface area contributed by atoms with Gasteiger partial charge in [-0.1, -0.05) is 0 Å². The summed E-state index contributed by atoms with van der Waals surface area (Å²) in [5.74, 6) is 0. The predicted molar refractivity (Wildman–Crippen MR) is 86.5 cm³/mol. The molecule has 0 aliphatic carbocycles. The van der Waals surface area contributed by atoms with Crippen LogP contribution in [0.3, 0.4) is 0 Å². The van der Waals surface area contributed by atoms with Crippen LogP contribution in [0.1, 0.15) is 12.8 Å². The molecule has 0 aliphatic heterocycles. The summed E-state index contributed by atoms with van der Waals surface area (Å²) >= 11 is 0. The Balaban J connectivity index is 3.74. The molecule has 0 radical (unpaired) electrons. The lowest BCUT2D eigenvalue weighted by Crippen LogP contribution is -2.37. The maximum atomic E-state index is 5.57. The third-order valence-electron chi connectivity index (χ3n) is 3.91. The van der Waals surface area contributed by atoms with E-state index in [9.17, 15) is 0 Å². The smallest absolute Gasteiger partial charge is 0.334 e. The van der Waals surface area contributed by atoms with Crippen LogP contribution in [-0.2, 0) is 13.3 Å². The Bertz CT molecular complexity index is 236. The fraction of sp³-hybridized carbons (Fsp3) is 1.00. The van der Waals surface area contributed by atoms with Gasteiger partial charge in [-0.05, 0) is 64.7 Å². The summed E-state index contributed by atoms with van der Waals surface area (Å²) in [6.45, 7) is 8.95. The standard InChI is InChI=1S/C13H33NO3Si2/c1-14(10-8-12-18(5,6)15-2)11-9-13-19(7,16-3)17-4/h8-13H2,1-7H3. The molecule has 0 bridgehead atoms. The van der Waals surface area contributed by atoms with E-state index in [0.717, 1.165) is 25.6 Å². The van der Waals surface area contributed by atoms with Gasteiger partial charge in [0.1, 0.15) is 0 Å². The predicted octanol–water partition coefficient (Wildman–Crippen LogP) is 2.91. The average molecular weight is 308 g/mol. The second kappa shape index (κ2) is 9.25. The van der Waals surface area contributed by atoms with Crippen molar-refractivity contribution in [2.24, 2.45) is 0 Å². The summed E-state index contributed by atoms with van der Waals surface area (Å²) in [5, 5.41) is 0. The molecule has 0 N–H and O–H groups in total. The molecule has 4 nitrogen and oxygen atoms in total. The van der Waals surface area contributed by atoms with Crippen molar-refractivity contribution in [3.05, 3.63) is 0 Å². The summed E-state index contributed by atoms with van der Waals surface area (Å²) < 4.78 is 16.6. The van der Waals surface area contributed by atoms with E-state index in [1.54, 1.807) is 14.2 Å². The Morgan fingerprint density at radius 3 is 1.68 bits per heavy atom. The average Bonchev–Trinajstić information content (AvgIpc) is 2.38. The first-order valence-corrected chi connectivity index (χ1v) is 12.8. The van der Waals surface area contributed by atoms with Gasteiger partial charge in [-0.15, -0.1) is 0 Å². The molecule has 0 unspecified atom stereocenters. The van der Waals surface area contributed by atoms with Crippen LogP contribution >= 0.6 is 0 Å². The Morgan fingerprint density at radius 2 is 1.26 bits per heavy atom. The van der Waals surface area contributed by atoms with Crippen molar-refractivity contribution < 1.29 is 13.3 Å². The normalized spacial score (nSPS) is 13.3. The molecule has 6 heteroatoms. The third-order valence-corrected chi connectivity index (χ3v) is 9.56. The molecule has 0 heterocycles. The summed E-state index contributed by atoms with van der Waals surface area (Å²) in [6.07, 6.45) is 2.37. The zero-order valence-corrected chi connectivity index (χ0v) is 15.9. The van der Waals surface area contributed by atoms with Gasteiger partial charge in [-0.2, -0.15) is 0 Å². The molecule has 0 rings (SSSR count). The Morgan fingerprint density at radius 1 is 0.789 bits per heavy atom. The molecule has 0 amide bonds. The Hall–Kier alpha value is 0.274. The van der Waals surface area contributed by atoms with Crippen molar-refractivity contribution in [3.63, 3.8) is 0 Å². The van der Waals surface area contributed by atoms with E-state index in [-0.39, 0.29) is 0 Å². The lowest BCUT2D eigenvalue weighted by Gasteiger charge is -2.25. The lowest BCUT2D eigenvalue weighted by atomic mass is 10.4. The summed E-state index contributed by atoms with van der Waals surface area (Å²) in [6, 6.07) is 2.29. The maximum Gasteiger partial charge on any atom is 0.334 e. The van der Waals surface area contributed by atoms with E-state index in [1.807, 2.05) is 7.11 Å². The molecule has 0 aromatic rings. The van der Waals surface area contributed by atoms with Gasteiger partial charge in [0.2, 0.25) is 0 Å². The van der Waals surface area contributed by atoms with Gasteiger partial charge in [-0.25, -0.2) is 0 Å². The van der Waals surface area contributed by atoms with Crippen LogP contribution in [0.25, 0.3) is 0 Å². The van der Waals surface area contributed by atoms with Crippen LogP contribution < -0.4 is 0 Å². The van der Waals surface area contributed by atoms with Gasteiger partial charge >= 0.3 is 8.56 Å². The third kappa shape index (κ3) is 8.93. The van der Waals surface area contributed by atoms with E-state index in [0.29, 0.717) is 0 Å². The fourth-order valence-electron chi connectivity index (χ4n) is 1.95. The molecule has 0 aromatic heterocycles. The van der Waals surface area contributed by atoms with E-state index < -0.39 is 16.9 Å². The van der Waals surface area contributed by atoms with Crippen molar-refractivity contribution in [2.45, 2.75) is 44.6 Å². The van der Waals surface area contributed by atoms with E-state index >= 15 is 0 Å². The molecule has 0 saturated heterocycles. The van der Waals surface area contributed by atoms with Crippen LogP contribution in [0.2, 0.25) is 31.7 Å². The van der Waals surface area contributed by atoms with Crippen molar-refractivity contribution >= 4 is 16.9 Å². The van der Waals surface area contributed by atoms with Crippen molar-refractivity contribution in [1.82, 2.24) is 4.90 Å². The first-order chi connectivity index (χ1) is 8.78. The SMILES string of the molecule is CO[Si](C)(C)CCCN(C)CCC[Si](C)(OC)OC. The van der Waals surface area contributed by atoms with E-state index in [2.05, 4.69) is 31.6 Å². The second-order valence-corrected chi connectivity index (χ2v) is 14.0. The molecule has 116 valence electrons. The molecule has 0 saturated carbocycles. The van der Waals surface area contributed by atoms with Gasteiger partial charge in [0.25, 0.3) is 0 Å². The topological polar surface area (TPSA) is 30.9 Å². The monoisotopic (exact) mass is 307 g/mol. The van der Waals surface area contributed by atoms with Crippen LogP contribution in [-0.4, -0.2) is 63.2 Å². The highest BCUT2D eigenvalue weighted by molar-refractivity contribution is 6.71. The zero-order valence-electron chi connectivity index (χ0n) is 13.9. The van der Waals surface area contributed by atoms with E-state index in [4.69, 9.17) is 13.3 Å². The van der Waals surface area contributed by atoms with Crippen LogP contribution in [0.5, 0.6) is 0 Å². The number of rotatable bonds is 11. The number of hydrogen-bond acceptors (Lipinski definition) is 4. The van der Waals surface area contributed by atoms with Crippen LogP contribution in [0, 0.1) is 0 Å². The fourth-order valence-corrected chi connectivity index (χ4v) is 4.54. The summed E-state index contributed by atoms with van der Waals surface area (Å²) in [5.41, 5.74) is 0. The van der Waals surface area contributed by atoms with E-state index in [1.165, 1.54) is 12.5 Å². The molecule has 19 heavy (non-hydrogen) atoms. The van der Waals surface area contributed by atoms with Gasteiger partial charge in [0.15, 0.2) is 8.32 Å². The molecule has 0 atom stereocenters. The zero-order chi connectivity index (χ0) is 14.9. The number of hydrogen-bond donors (Lipinski definition) is 0. The quantitative estimate of drug-likeness (QED) is 0.549. The first kappa shape index (κ1) is 19.3. The highest BCUT2D eigenvalue weighted by Crippen LogP contribution is 2.15. The Kier molecular flexibility index (Phi) is 9.39. The summed E-state index contributed by atoms with van der Waals surface area (Å²) in [7, 11) is 4.31. The highest BCUT2D eigenvalue weighted by atomic mass is 28.4. The second-order valence-electron chi connectivity index (χ2n) is 6.02. The first-order valence-electron chi connectivity index (χ1n) is 7.12. The molecular formula is C13H33NO3Si2.